The van der Waals surface area contributed by atoms with Crippen molar-refractivity contribution in [3.05, 3.63) is 60.3 Å². The average Bonchev–Trinajstić information content (AvgIpc) is 2.88. The molecule has 20 heavy (non-hydrogen) atoms. The highest BCUT2D eigenvalue weighted by Crippen LogP contribution is 2.19. The van der Waals surface area contributed by atoms with Gasteiger partial charge in [-0.2, -0.15) is 0 Å². The van der Waals surface area contributed by atoms with E-state index in [1.807, 2.05) is 24.3 Å². The number of aryl methyl sites for hydroxylation is 2. The molecule has 3 heteroatoms. The second-order valence-electron chi connectivity index (χ2n) is 4.93. The largest absolute Gasteiger partial charge is 0.497 e. The number of rotatable bonds is 4. The minimum absolute atomic E-state index is 0.807. The molecule has 3 nitrogen and oxygen atoms in total. The molecular weight excluding hydrogens is 248 g/mol. The molecule has 0 radical (unpaired) electrons. The van der Waals surface area contributed by atoms with E-state index in [4.69, 9.17) is 10.5 Å². The topological polar surface area (TPSA) is 40.2 Å². The van der Waals surface area contributed by atoms with E-state index in [1.165, 1.54) is 16.5 Å². The number of ether oxygens (including phenoxy) is 1. The fourth-order valence-electron chi connectivity index (χ4n) is 2.44. The Hall–Kier alpha value is -2.42. The first-order chi connectivity index (χ1) is 9.76. The van der Waals surface area contributed by atoms with Crippen molar-refractivity contribution in [2.24, 2.45) is 0 Å². The SMILES string of the molecule is COc1ccc(CCn2ccc3ccc(N)cc32)cc1. The van der Waals surface area contributed by atoms with Gasteiger partial charge in [-0.15, -0.1) is 0 Å². The molecule has 0 aliphatic heterocycles. The Morgan fingerprint density at radius 2 is 1.85 bits per heavy atom. The Bertz CT molecular complexity index is 713. The zero-order chi connectivity index (χ0) is 13.9. The molecule has 0 atom stereocenters. The van der Waals surface area contributed by atoms with E-state index in [1.54, 1.807) is 7.11 Å². The number of methoxy groups -OCH3 is 1. The third-order valence-corrected chi connectivity index (χ3v) is 3.60. The number of hydrogen-bond donors (Lipinski definition) is 1. The summed E-state index contributed by atoms with van der Waals surface area (Å²) in [5.41, 5.74) is 9.17. The Kier molecular flexibility index (Phi) is 3.33. The van der Waals surface area contributed by atoms with Gasteiger partial charge in [-0.3, -0.25) is 0 Å². The van der Waals surface area contributed by atoms with Crippen LogP contribution < -0.4 is 10.5 Å². The van der Waals surface area contributed by atoms with Crippen LogP contribution in [0.2, 0.25) is 0 Å². The summed E-state index contributed by atoms with van der Waals surface area (Å²) in [6.45, 7) is 0.944. The van der Waals surface area contributed by atoms with E-state index in [0.717, 1.165) is 24.4 Å². The summed E-state index contributed by atoms with van der Waals surface area (Å²) in [5.74, 6) is 0.896. The standard InChI is InChI=1S/C17H18N2O/c1-20-16-6-2-13(3-7-16)8-10-19-11-9-14-4-5-15(18)12-17(14)19/h2-7,9,11-12H,8,10,18H2,1H3. The van der Waals surface area contributed by atoms with Gasteiger partial charge in [0.1, 0.15) is 5.75 Å². The van der Waals surface area contributed by atoms with Crippen LogP contribution in [0.3, 0.4) is 0 Å². The summed E-state index contributed by atoms with van der Waals surface area (Å²) >= 11 is 0. The Balaban J connectivity index is 1.77. The molecule has 1 heterocycles. The number of fused-ring (bicyclic) bond motifs is 1. The van der Waals surface area contributed by atoms with Crippen molar-refractivity contribution in [2.45, 2.75) is 13.0 Å². The molecule has 0 amide bonds. The maximum Gasteiger partial charge on any atom is 0.118 e. The molecule has 1 aromatic heterocycles. The van der Waals surface area contributed by atoms with Crippen LogP contribution in [0.1, 0.15) is 5.56 Å². The van der Waals surface area contributed by atoms with Gasteiger partial charge < -0.3 is 15.0 Å². The number of nitrogens with two attached hydrogens (primary N) is 1. The van der Waals surface area contributed by atoms with Gasteiger partial charge in [-0.25, -0.2) is 0 Å². The second-order valence-corrected chi connectivity index (χ2v) is 4.93. The van der Waals surface area contributed by atoms with E-state index in [0.29, 0.717) is 0 Å². The average molecular weight is 266 g/mol. The summed E-state index contributed by atoms with van der Waals surface area (Å²) in [6, 6.07) is 16.4. The quantitative estimate of drug-likeness (QED) is 0.734. The van der Waals surface area contributed by atoms with Crippen molar-refractivity contribution in [2.75, 3.05) is 12.8 Å². The molecule has 2 N–H and O–H groups in total. The number of nitrogen functional groups attached to an aromatic ring is 1. The van der Waals surface area contributed by atoms with Crippen LogP contribution in [-0.4, -0.2) is 11.7 Å². The molecular formula is C17H18N2O. The van der Waals surface area contributed by atoms with Gasteiger partial charge in [0.15, 0.2) is 0 Å². The fraction of sp³-hybridized carbons (Fsp3) is 0.176. The molecule has 0 bridgehead atoms. The lowest BCUT2D eigenvalue weighted by atomic mass is 10.1. The summed E-state index contributed by atoms with van der Waals surface area (Å²) in [4.78, 5) is 0. The Labute approximate surface area is 118 Å². The van der Waals surface area contributed by atoms with Crippen molar-refractivity contribution >= 4 is 16.6 Å². The minimum atomic E-state index is 0.807. The third kappa shape index (κ3) is 2.48. The molecule has 102 valence electrons. The van der Waals surface area contributed by atoms with E-state index < -0.39 is 0 Å². The molecule has 0 unspecified atom stereocenters. The molecule has 2 aromatic carbocycles. The van der Waals surface area contributed by atoms with Crippen molar-refractivity contribution in [3.63, 3.8) is 0 Å². The minimum Gasteiger partial charge on any atom is -0.497 e. The lowest BCUT2D eigenvalue weighted by Crippen LogP contribution is -2.00. The van der Waals surface area contributed by atoms with Crippen LogP contribution >= 0.6 is 0 Å². The van der Waals surface area contributed by atoms with Gasteiger partial charge in [0.2, 0.25) is 0 Å². The molecule has 3 rings (SSSR count). The Morgan fingerprint density at radius 1 is 1.05 bits per heavy atom. The maximum absolute atomic E-state index is 5.86. The van der Waals surface area contributed by atoms with Crippen LogP contribution in [0.15, 0.2) is 54.7 Å². The van der Waals surface area contributed by atoms with E-state index in [9.17, 15) is 0 Å². The first-order valence-electron chi connectivity index (χ1n) is 6.73. The predicted octanol–water partition coefficient (Wildman–Crippen LogP) is 3.47. The summed E-state index contributed by atoms with van der Waals surface area (Å²) < 4.78 is 7.42. The maximum atomic E-state index is 5.86. The van der Waals surface area contributed by atoms with Crippen LogP contribution in [0.5, 0.6) is 5.75 Å². The molecule has 0 spiro atoms. The molecule has 0 saturated carbocycles. The fourth-order valence-corrected chi connectivity index (χ4v) is 2.44. The van der Waals surface area contributed by atoms with E-state index in [-0.39, 0.29) is 0 Å². The van der Waals surface area contributed by atoms with Crippen LogP contribution in [0.25, 0.3) is 10.9 Å². The second kappa shape index (κ2) is 5.29. The summed E-state index contributed by atoms with van der Waals surface area (Å²) in [7, 11) is 1.69. The number of benzene rings is 2. The van der Waals surface area contributed by atoms with Crippen LogP contribution in [0.4, 0.5) is 5.69 Å². The van der Waals surface area contributed by atoms with Crippen molar-refractivity contribution in [3.8, 4) is 5.75 Å². The van der Waals surface area contributed by atoms with Crippen molar-refractivity contribution < 1.29 is 4.74 Å². The molecule has 0 aliphatic carbocycles. The zero-order valence-electron chi connectivity index (χ0n) is 11.5. The van der Waals surface area contributed by atoms with E-state index in [2.05, 4.69) is 35.0 Å². The van der Waals surface area contributed by atoms with Gasteiger partial charge in [0.05, 0.1) is 12.6 Å². The van der Waals surface area contributed by atoms with Crippen LogP contribution in [0, 0.1) is 0 Å². The number of nitrogens with zero attached hydrogens (tertiary/aromatic N) is 1. The van der Waals surface area contributed by atoms with Gasteiger partial charge in [0.25, 0.3) is 0 Å². The number of anilines is 1. The predicted molar refractivity (Wildman–Crippen MR) is 83.0 cm³/mol. The molecule has 0 aliphatic rings. The van der Waals surface area contributed by atoms with Crippen molar-refractivity contribution in [1.82, 2.24) is 4.57 Å². The normalized spacial score (nSPS) is 10.8. The first kappa shape index (κ1) is 12.6. The number of aromatic nitrogens is 1. The summed E-state index contributed by atoms with van der Waals surface area (Å²) in [5, 5.41) is 1.23. The lowest BCUT2D eigenvalue weighted by molar-refractivity contribution is 0.414. The summed E-state index contributed by atoms with van der Waals surface area (Å²) in [6.07, 6.45) is 3.11. The molecule has 0 saturated heterocycles. The molecule has 0 fully saturated rings. The highest BCUT2D eigenvalue weighted by molar-refractivity contribution is 5.83. The number of hydrogen-bond acceptors (Lipinski definition) is 2. The lowest BCUT2D eigenvalue weighted by Gasteiger charge is -2.07. The first-order valence-corrected chi connectivity index (χ1v) is 6.73. The smallest absolute Gasteiger partial charge is 0.118 e. The van der Waals surface area contributed by atoms with Gasteiger partial charge >= 0.3 is 0 Å². The van der Waals surface area contributed by atoms with Crippen LogP contribution in [-0.2, 0) is 13.0 Å². The van der Waals surface area contributed by atoms with Gasteiger partial charge in [-0.1, -0.05) is 18.2 Å². The zero-order valence-corrected chi connectivity index (χ0v) is 11.5. The Morgan fingerprint density at radius 3 is 2.60 bits per heavy atom. The van der Waals surface area contributed by atoms with Gasteiger partial charge in [-0.05, 0) is 47.7 Å². The van der Waals surface area contributed by atoms with Crippen molar-refractivity contribution in [1.29, 1.82) is 0 Å². The highest BCUT2D eigenvalue weighted by Gasteiger charge is 2.02. The third-order valence-electron chi connectivity index (χ3n) is 3.60. The molecule has 3 aromatic rings. The van der Waals surface area contributed by atoms with Gasteiger partial charge in [0, 0.05) is 18.4 Å². The highest BCUT2D eigenvalue weighted by atomic mass is 16.5. The van der Waals surface area contributed by atoms with E-state index >= 15 is 0 Å². The monoisotopic (exact) mass is 266 g/mol.